The van der Waals surface area contributed by atoms with E-state index >= 15 is 0 Å². The van der Waals surface area contributed by atoms with Crippen LogP contribution in [0.3, 0.4) is 0 Å². The largest absolute Gasteiger partial charge is 0.382 e. The van der Waals surface area contributed by atoms with E-state index in [1.165, 1.54) is 12.7 Å². The molecule has 1 fully saturated rings. The van der Waals surface area contributed by atoms with Crippen molar-refractivity contribution in [1.82, 2.24) is 24.8 Å². The van der Waals surface area contributed by atoms with Gasteiger partial charge in [-0.25, -0.2) is 15.0 Å². The zero-order chi connectivity index (χ0) is 21.7. The number of nitrogens with two attached hydrogens (primary N) is 2. The molecule has 10 heteroatoms. The molecule has 2 aromatic heterocycles. The van der Waals surface area contributed by atoms with Gasteiger partial charge >= 0.3 is 0 Å². The molecule has 30 heavy (non-hydrogen) atoms. The maximum Gasteiger partial charge on any atom is 0.262 e. The van der Waals surface area contributed by atoms with Crippen LogP contribution in [-0.2, 0) is 13.0 Å². The molecule has 1 atom stereocenters. The second kappa shape index (κ2) is 9.52. The lowest BCUT2D eigenvalue weighted by Crippen LogP contribution is -2.34. The summed E-state index contributed by atoms with van der Waals surface area (Å²) >= 11 is 6.18. The first-order valence-electron chi connectivity index (χ1n) is 9.63. The minimum atomic E-state index is -0.0221. The fourth-order valence-electron chi connectivity index (χ4n) is 3.39. The highest BCUT2D eigenvalue weighted by atomic mass is 35.5. The van der Waals surface area contributed by atoms with Crippen molar-refractivity contribution in [3.63, 3.8) is 0 Å². The maximum atomic E-state index is 12.7. The predicted molar refractivity (Wildman–Crippen MR) is 117 cm³/mol. The summed E-state index contributed by atoms with van der Waals surface area (Å²) in [6.07, 6.45) is 4.23. The first kappa shape index (κ1) is 21.5. The lowest BCUT2D eigenvalue weighted by atomic mass is 10.2. The van der Waals surface area contributed by atoms with Crippen LogP contribution < -0.4 is 22.3 Å². The van der Waals surface area contributed by atoms with Gasteiger partial charge in [0.15, 0.2) is 0 Å². The predicted octanol–water partition coefficient (Wildman–Crippen LogP) is 1.88. The Morgan fingerprint density at radius 2 is 2.07 bits per heavy atom. The quantitative estimate of drug-likeness (QED) is 0.574. The van der Waals surface area contributed by atoms with Gasteiger partial charge in [-0.2, -0.15) is 5.26 Å². The maximum absolute atomic E-state index is 12.7. The summed E-state index contributed by atoms with van der Waals surface area (Å²) < 4.78 is 1.79. The summed E-state index contributed by atoms with van der Waals surface area (Å²) in [5.41, 5.74) is 11.4. The molecule has 0 saturated carbocycles. The number of nitrogens with one attached hydrogen (secondary N) is 1. The molecule has 3 aromatic rings. The summed E-state index contributed by atoms with van der Waals surface area (Å²) in [5.74, 6) is 1.07. The molecular weight excluding hydrogens is 404 g/mol. The molecule has 0 radical (unpaired) electrons. The standard InChI is InChI=1S/C15H18ClN3O.C5H5N5/c1-2-13-18-12-7-3-6-11(16)14(12)15(20)19(13)9-10-5-4-8-17-10;6-1-3-4(7)9-2-10-5(3)8/h3,6-7,10,17H,2,4-5,8-9H2,1H3;2H,(H4,7,8,9,10). The molecule has 5 N–H and O–H groups in total. The van der Waals surface area contributed by atoms with Gasteiger partial charge in [-0.05, 0) is 31.5 Å². The van der Waals surface area contributed by atoms with E-state index in [-0.39, 0.29) is 22.8 Å². The number of nitrogens with zero attached hydrogens (tertiary/aromatic N) is 5. The Morgan fingerprint density at radius 3 is 2.63 bits per heavy atom. The molecule has 156 valence electrons. The van der Waals surface area contributed by atoms with Crippen molar-refractivity contribution >= 4 is 34.1 Å². The fourth-order valence-corrected chi connectivity index (χ4v) is 3.64. The number of benzene rings is 1. The zero-order valence-corrected chi connectivity index (χ0v) is 17.4. The van der Waals surface area contributed by atoms with E-state index in [0.717, 1.165) is 25.2 Å². The molecule has 3 heterocycles. The van der Waals surface area contributed by atoms with Gasteiger partial charge in [0.25, 0.3) is 5.56 Å². The summed E-state index contributed by atoms with van der Waals surface area (Å²) in [5, 5.41) is 12.8. The van der Waals surface area contributed by atoms with Crippen LogP contribution in [-0.4, -0.2) is 32.1 Å². The summed E-state index contributed by atoms with van der Waals surface area (Å²) in [7, 11) is 0. The van der Waals surface area contributed by atoms with Crippen LogP contribution in [0.4, 0.5) is 11.6 Å². The zero-order valence-electron chi connectivity index (χ0n) is 16.6. The smallest absolute Gasteiger partial charge is 0.262 e. The van der Waals surface area contributed by atoms with Gasteiger partial charge in [0, 0.05) is 19.0 Å². The number of hydrogen-bond acceptors (Lipinski definition) is 8. The monoisotopic (exact) mass is 426 g/mol. The first-order valence-corrected chi connectivity index (χ1v) is 10.0. The average molecular weight is 427 g/mol. The third-order valence-electron chi connectivity index (χ3n) is 4.91. The molecule has 1 unspecified atom stereocenters. The second-order valence-corrected chi connectivity index (χ2v) is 7.26. The van der Waals surface area contributed by atoms with Crippen molar-refractivity contribution in [2.45, 2.75) is 38.8 Å². The highest BCUT2D eigenvalue weighted by Crippen LogP contribution is 2.19. The van der Waals surface area contributed by atoms with E-state index in [0.29, 0.717) is 28.5 Å². The Kier molecular flexibility index (Phi) is 6.82. The Hall–Kier alpha value is -3.22. The lowest BCUT2D eigenvalue weighted by molar-refractivity contribution is 0.484. The van der Waals surface area contributed by atoms with Crippen LogP contribution in [0.25, 0.3) is 10.9 Å². The van der Waals surface area contributed by atoms with Gasteiger partial charge in [-0.1, -0.05) is 24.6 Å². The van der Waals surface area contributed by atoms with Gasteiger partial charge in [-0.3, -0.25) is 9.36 Å². The van der Waals surface area contributed by atoms with Crippen LogP contribution in [0.5, 0.6) is 0 Å². The van der Waals surface area contributed by atoms with E-state index in [2.05, 4.69) is 20.3 Å². The van der Waals surface area contributed by atoms with Gasteiger partial charge in [0.05, 0.1) is 15.9 Å². The summed E-state index contributed by atoms with van der Waals surface area (Å²) in [6.45, 7) is 3.73. The van der Waals surface area contributed by atoms with E-state index in [4.69, 9.17) is 28.3 Å². The summed E-state index contributed by atoms with van der Waals surface area (Å²) in [4.78, 5) is 24.5. The number of aromatic nitrogens is 4. The van der Waals surface area contributed by atoms with Crippen LogP contribution in [0, 0.1) is 11.3 Å². The number of nitrogen functional groups attached to an aromatic ring is 2. The fraction of sp³-hybridized carbons (Fsp3) is 0.350. The Bertz CT molecular complexity index is 1130. The first-order chi connectivity index (χ1) is 14.5. The van der Waals surface area contributed by atoms with E-state index in [1.54, 1.807) is 16.7 Å². The summed E-state index contributed by atoms with van der Waals surface area (Å²) in [6, 6.07) is 7.58. The molecule has 1 aromatic carbocycles. The van der Waals surface area contributed by atoms with Crippen molar-refractivity contribution in [3.05, 3.63) is 51.3 Å². The normalized spacial score (nSPS) is 15.4. The molecular formula is C20H23ClN8O. The van der Waals surface area contributed by atoms with Crippen molar-refractivity contribution in [3.8, 4) is 6.07 Å². The van der Waals surface area contributed by atoms with Crippen molar-refractivity contribution in [2.75, 3.05) is 18.0 Å². The van der Waals surface area contributed by atoms with E-state index < -0.39 is 0 Å². The van der Waals surface area contributed by atoms with E-state index in [9.17, 15) is 4.79 Å². The Labute approximate surface area is 178 Å². The minimum Gasteiger partial charge on any atom is -0.382 e. The Balaban J connectivity index is 0.000000216. The average Bonchev–Trinajstić information content (AvgIpc) is 3.24. The molecule has 9 nitrogen and oxygen atoms in total. The second-order valence-electron chi connectivity index (χ2n) is 6.86. The van der Waals surface area contributed by atoms with Gasteiger partial charge in [0.2, 0.25) is 0 Å². The van der Waals surface area contributed by atoms with Crippen LogP contribution >= 0.6 is 11.6 Å². The number of hydrogen-bond donors (Lipinski definition) is 3. The van der Waals surface area contributed by atoms with Crippen LogP contribution in [0.1, 0.15) is 31.2 Å². The number of aryl methyl sites for hydroxylation is 1. The van der Waals surface area contributed by atoms with Crippen molar-refractivity contribution < 1.29 is 0 Å². The number of fused-ring (bicyclic) bond motifs is 1. The molecule has 0 amide bonds. The molecule has 1 aliphatic rings. The molecule has 0 aliphatic carbocycles. The highest BCUT2D eigenvalue weighted by Gasteiger charge is 2.19. The number of nitriles is 1. The third kappa shape index (κ3) is 4.50. The third-order valence-corrected chi connectivity index (χ3v) is 5.23. The molecule has 1 aliphatic heterocycles. The molecule has 0 bridgehead atoms. The van der Waals surface area contributed by atoms with Gasteiger partial charge in [0.1, 0.15) is 35.4 Å². The van der Waals surface area contributed by atoms with Gasteiger partial charge in [-0.15, -0.1) is 0 Å². The Morgan fingerprint density at radius 1 is 1.33 bits per heavy atom. The van der Waals surface area contributed by atoms with Crippen LogP contribution in [0.2, 0.25) is 5.02 Å². The van der Waals surface area contributed by atoms with Crippen LogP contribution in [0.15, 0.2) is 29.3 Å². The minimum absolute atomic E-state index is 0.0221. The van der Waals surface area contributed by atoms with Crippen molar-refractivity contribution in [1.29, 1.82) is 5.26 Å². The van der Waals surface area contributed by atoms with E-state index in [1.807, 2.05) is 19.1 Å². The number of halogens is 1. The molecule has 4 rings (SSSR count). The molecule has 1 saturated heterocycles. The number of rotatable bonds is 3. The number of anilines is 2. The lowest BCUT2D eigenvalue weighted by Gasteiger charge is -2.17. The van der Waals surface area contributed by atoms with Gasteiger partial charge < -0.3 is 16.8 Å². The molecule has 0 spiro atoms. The topological polar surface area (TPSA) is 149 Å². The highest BCUT2D eigenvalue weighted by molar-refractivity contribution is 6.35. The SMILES string of the molecule is CCc1nc2cccc(Cl)c2c(=O)n1CC1CCCN1.N#Cc1c(N)ncnc1N. The van der Waals surface area contributed by atoms with Crippen molar-refractivity contribution in [2.24, 2.45) is 0 Å².